The first-order chi connectivity index (χ1) is 8.43. The highest BCUT2D eigenvalue weighted by Crippen LogP contribution is 2.17. The van der Waals surface area contributed by atoms with E-state index in [9.17, 15) is 9.18 Å². The minimum atomic E-state index is -0.625. The van der Waals surface area contributed by atoms with Crippen LogP contribution in [0.15, 0.2) is 18.2 Å². The summed E-state index contributed by atoms with van der Waals surface area (Å²) in [6, 6.07) is 4.30. The Bertz CT molecular complexity index is 423. The Morgan fingerprint density at radius 1 is 1.56 bits per heavy atom. The molecule has 0 aromatic heterocycles. The van der Waals surface area contributed by atoms with Gasteiger partial charge in [0.05, 0.1) is 0 Å². The number of halogens is 1. The molecule has 0 fully saturated rings. The maximum Gasteiger partial charge on any atom is 0.223 e. The summed E-state index contributed by atoms with van der Waals surface area (Å²) in [5.74, 6) is -1.11. The second-order valence-corrected chi connectivity index (χ2v) is 4.50. The highest BCUT2D eigenvalue weighted by Gasteiger charge is 2.14. The number of carbonyl (C=O) groups is 1. The molecule has 1 unspecified atom stereocenters. The molecule has 0 aliphatic carbocycles. The summed E-state index contributed by atoms with van der Waals surface area (Å²) < 4.78 is 13.1. The van der Waals surface area contributed by atoms with Crippen LogP contribution in [0.1, 0.15) is 12.5 Å². The molecule has 4 nitrogen and oxygen atoms in total. The number of rotatable bonds is 5. The fraction of sp³-hybridized carbons (Fsp3) is 0.462. The van der Waals surface area contributed by atoms with Gasteiger partial charge in [0.1, 0.15) is 0 Å². The van der Waals surface area contributed by atoms with Gasteiger partial charge in [-0.15, -0.1) is 0 Å². The molecule has 0 radical (unpaired) electrons. The van der Waals surface area contributed by atoms with E-state index in [-0.39, 0.29) is 17.6 Å². The Labute approximate surface area is 106 Å². The molecule has 0 saturated heterocycles. The largest absolute Gasteiger partial charge is 0.505 e. The Kier molecular flexibility index (Phi) is 5.09. The monoisotopic (exact) mass is 254 g/mol. The predicted octanol–water partition coefficient (Wildman–Crippen LogP) is 1.35. The number of amides is 1. The standard InChI is InChI=1S/C13H19FN2O2/c1-9(13(18)15-2)7-16(3)8-10-4-5-12(17)11(14)6-10/h4-6,9,17H,7-8H2,1-3H3,(H,15,18). The quantitative estimate of drug-likeness (QED) is 0.834. The van der Waals surface area contributed by atoms with Gasteiger partial charge in [0.25, 0.3) is 0 Å². The maximum absolute atomic E-state index is 13.1. The van der Waals surface area contributed by atoms with Gasteiger partial charge < -0.3 is 15.3 Å². The number of benzene rings is 1. The fourth-order valence-corrected chi connectivity index (χ4v) is 1.82. The van der Waals surface area contributed by atoms with Gasteiger partial charge >= 0.3 is 0 Å². The van der Waals surface area contributed by atoms with E-state index < -0.39 is 5.82 Å². The molecule has 1 aromatic carbocycles. The van der Waals surface area contributed by atoms with Crippen LogP contribution in [0, 0.1) is 11.7 Å². The van der Waals surface area contributed by atoms with Crippen LogP contribution in [0.5, 0.6) is 5.75 Å². The lowest BCUT2D eigenvalue weighted by Crippen LogP contribution is -2.34. The first kappa shape index (κ1) is 14.4. The molecule has 0 saturated carbocycles. The van der Waals surface area contributed by atoms with Gasteiger partial charge in [-0.05, 0) is 24.7 Å². The van der Waals surface area contributed by atoms with E-state index in [1.54, 1.807) is 13.1 Å². The number of nitrogens with one attached hydrogen (secondary N) is 1. The molecule has 1 amide bonds. The summed E-state index contributed by atoms with van der Waals surface area (Å²) in [5, 5.41) is 11.7. The topological polar surface area (TPSA) is 52.6 Å². The third kappa shape index (κ3) is 4.00. The minimum absolute atomic E-state index is 0.0151. The van der Waals surface area contributed by atoms with Crippen molar-refractivity contribution in [3.8, 4) is 5.75 Å². The van der Waals surface area contributed by atoms with E-state index in [1.165, 1.54) is 12.1 Å². The van der Waals surface area contributed by atoms with E-state index in [0.717, 1.165) is 5.56 Å². The number of phenols is 1. The number of hydrogen-bond donors (Lipinski definition) is 2. The Morgan fingerprint density at radius 3 is 2.78 bits per heavy atom. The highest BCUT2D eigenvalue weighted by atomic mass is 19.1. The van der Waals surface area contributed by atoms with Crippen LogP contribution in [0.4, 0.5) is 4.39 Å². The van der Waals surface area contributed by atoms with Crippen molar-refractivity contribution in [1.82, 2.24) is 10.2 Å². The SMILES string of the molecule is CNC(=O)C(C)CN(C)Cc1ccc(O)c(F)c1. The zero-order valence-electron chi connectivity index (χ0n) is 10.9. The number of nitrogens with zero attached hydrogens (tertiary/aromatic N) is 1. The third-order valence-corrected chi connectivity index (χ3v) is 2.74. The van der Waals surface area contributed by atoms with Crippen LogP contribution in [0.2, 0.25) is 0 Å². The number of hydrogen-bond acceptors (Lipinski definition) is 3. The third-order valence-electron chi connectivity index (χ3n) is 2.74. The van der Waals surface area contributed by atoms with Crippen LogP contribution in [-0.2, 0) is 11.3 Å². The lowest BCUT2D eigenvalue weighted by atomic mass is 10.1. The molecule has 100 valence electrons. The van der Waals surface area contributed by atoms with Gasteiger partial charge in [-0.25, -0.2) is 4.39 Å². The first-order valence-electron chi connectivity index (χ1n) is 5.81. The molecule has 0 heterocycles. The van der Waals surface area contributed by atoms with Crippen molar-refractivity contribution in [3.05, 3.63) is 29.6 Å². The molecule has 2 N–H and O–H groups in total. The van der Waals surface area contributed by atoms with Gasteiger partial charge in [-0.1, -0.05) is 13.0 Å². The second-order valence-electron chi connectivity index (χ2n) is 4.50. The Hall–Kier alpha value is -1.62. The average molecular weight is 254 g/mol. The summed E-state index contributed by atoms with van der Waals surface area (Å²) in [6.45, 7) is 2.95. The molecule has 0 spiro atoms. The number of aromatic hydroxyl groups is 1. The van der Waals surface area contributed by atoms with Crippen LogP contribution in [0.25, 0.3) is 0 Å². The minimum Gasteiger partial charge on any atom is -0.505 e. The number of phenolic OH excluding ortho intramolecular Hbond substituents is 1. The van der Waals surface area contributed by atoms with Gasteiger partial charge in [0, 0.05) is 26.1 Å². The molecule has 1 atom stereocenters. The maximum atomic E-state index is 13.1. The van der Waals surface area contributed by atoms with Crippen molar-refractivity contribution in [2.45, 2.75) is 13.5 Å². The molecular formula is C13H19FN2O2. The zero-order chi connectivity index (χ0) is 13.7. The first-order valence-corrected chi connectivity index (χ1v) is 5.81. The Morgan fingerprint density at radius 2 is 2.22 bits per heavy atom. The lowest BCUT2D eigenvalue weighted by molar-refractivity contribution is -0.124. The molecule has 1 aromatic rings. The smallest absolute Gasteiger partial charge is 0.223 e. The highest BCUT2D eigenvalue weighted by molar-refractivity contribution is 5.78. The molecule has 0 aliphatic rings. The number of carbonyl (C=O) groups excluding carboxylic acids is 1. The predicted molar refractivity (Wildman–Crippen MR) is 67.6 cm³/mol. The normalized spacial score (nSPS) is 12.5. The molecular weight excluding hydrogens is 235 g/mol. The van der Waals surface area contributed by atoms with E-state index >= 15 is 0 Å². The van der Waals surface area contributed by atoms with Crippen molar-refractivity contribution < 1.29 is 14.3 Å². The molecule has 0 bridgehead atoms. The summed E-state index contributed by atoms with van der Waals surface area (Å²) in [4.78, 5) is 13.3. The van der Waals surface area contributed by atoms with Crippen molar-refractivity contribution in [2.24, 2.45) is 5.92 Å². The van der Waals surface area contributed by atoms with Crippen molar-refractivity contribution in [3.63, 3.8) is 0 Å². The van der Waals surface area contributed by atoms with Crippen molar-refractivity contribution in [2.75, 3.05) is 20.6 Å². The van der Waals surface area contributed by atoms with Crippen molar-refractivity contribution in [1.29, 1.82) is 0 Å². The molecule has 5 heteroatoms. The molecule has 0 aliphatic heterocycles. The van der Waals surface area contributed by atoms with Gasteiger partial charge in [0.15, 0.2) is 11.6 Å². The van der Waals surface area contributed by atoms with Crippen molar-refractivity contribution >= 4 is 5.91 Å². The molecule has 18 heavy (non-hydrogen) atoms. The summed E-state index contributed by atoms with van der Waals surface area (Å²) in [7, 11) is 3.47. The summed E-state index contributed by atoms with van der Waals surface area (Å²) in [6.07, 6.45) is 0. The lowest BCUT2D eigenvalue weighted by Gasteiger charge is -2.20. The van der Waals surface area contributed by atoms with Crippen LogP contribution >= 0.6 is 0 Å². The van der Waals surface area contributed by atoms with Gasteiger partial charge in [-0.2, -0.15) is 0 Å². The van der Waals surface area contributed by atoms with Crippen LogP contribution in [0.3, 0.4) is 0 Å². The summed E-state index contributed by atoms with van der Waals surface area (Å²) in [5.41, 5.74) is 0.761. The fourth-order valence-electron chi connectivity index (χ4n) is 1.82. The van der Waals surface area contributed by atoms with E-state index in [0.29, 0.717) is 13.1 Å². The van der Waals surface area contributed by atoms with E-state index in [4.69, 9.17) is 5.11 Å². The van der Waals surface area contributed by atoms with Gasteiger partial charge in [-0.3, -0.25) is 4.79 Å². The van der Waals surface area contributed by atoms with Crippen LogP contribution < -0.4 is 5.32 Å². The average Bonchev–Trinajstić information content (AvgIpc) is 2.32. The van der Waals surface area contributed by atoms with E-state index in [2.05, 4.69) is 5.32 Å². The molecule has 1 rings (SSSR count). The van der Waals surface area contributed by atoms with E-state index in [1.807, 2.05) is 18.9 Å². The van der Waals surface area contributed by atoms with Gasteiger partial charge in [0.2, 0.25) is 5.91 Å². The Balaban J connectivity index is 2.56. The zero-order valence-corrected chi connectivity index (χ0v) is 10.9. The van der Waals surface area contributed by atoms with Crippen LogP contribution in [-0.4, -0.2) is 36.6 Å². The second kappa shape index (κ2) is 6.35. The summed E-state index contributed by atoms with van der Waals surface area (Å²) >= 11 is 0.